The first-order chi connectivity index (χ1) is 6.99. The lowest BCUT2D eigenvalue weighted by Crippen LogP contribution is -2.39. The Hall–Kier alpha value is -0.640. The van der Waals surface area contributed by atoms with E-state index < -0.39 is 5.41 Å². The molecular weight excluding hydrogens is 208 g/mol. The minimum absolute atomic E-state index is 0.0266. The molecule has 15 heavy (non-hydrogen) atoms. The fourth-order valence-electron chi connectivity index (χ4n) is 1.59. The van der Waals surface area contributed by atoms with Crippen LogP contribution in [0.5, 0.6) is 0 Å². The van der Waals surface area contributed by atoms with Crippen molar-refractivity contribution in [3.8, 4) is 0 Å². The summed E-state index contributed by atoms with van der Waals surface area (Å²) < 4.78 is 0. The summed E-state index contributed by atoms with van der Waals surface area (Å²) in [5, 5.41) is 2.92. The lowest BCUT2D eigenvalue weighted by molar-refractivity contribution is -0.124. The molecule has 0 aliphatic heterocycles. The van der Waals surface area contributed by atoms with Gasteiger partial charge < -0.3 is 11.1 Å². The predicted octanol–water partition coefficient (Wildman–Crippen LogP) is 1.61. The maximum atomic E-state index is 11.7. The molecule has 0 unspecified atom stereocenters. The fraction of sp³-hybridized carbons (Fsp3) is 0.818. The van der Waals surface area contributed by atoms with Crippen LogP contribution in [0.4, 0.5) is 0 Å². The molecule has 1 fully saturated rings. The molecule has 1 amide bonds. The highest BCUT2D eigenvalue weighted by Gasteiger charge is 2.52. The Morgan fingerprint density at radius 1 is 1.53 bits per heavy atom. The highest BCUT2D eigenvalue weighted by molar-refractivity contribution is 7.80. The van der Waals surface area contributed by atoms with E-state index in [4.69, 9.17) is 18.0 Å². The second-order valence-corrected chi connectivity index (χ2v) is 5.18. The largest absolute Gasteiger partial charge is 0.392 e. The first kappa shape index (κ1) is 12.4. The third-order valence-electron chi connectivity index (χ3n) is 2.90. The summed E-state index contributed by atoms with van der Waals surface area (Å²) in [4.78, 5) is 12.1. The molecule has 1 aliphatic rings. The Morgan fingerprint density at radius 3 is 2.53 bits per heavy atom. The number of rotatable bonds is 6. The molecule has 86 valence electrons. The van der Waals surface area contributed by atoms with E-state index in [1.807, 2.05) is 0 Å². The number of amides is 1. The molecule has 0 radical (unpaired) electrons. The van der Waals surface area contributed by atoms with E-state index in [1.54, 1.807) is 0 Å². The van der Waals surface area contributed by atoms with Crippen molar-refractivity contribution in [3.05, 3.63) is 0 Å². The molecule has 4 heteroatoms. The Labute approximate surface area is 96.8 Å². The van der Waals surface area contributed by atoms with Gasteiger partial charge in [0.05, 0.1) is 10.4 Å². The minimum Gasteiger partial charge on any atom is -0.392 e. The van der Waals surface area contributed by atoms with Gasteiger partial charge in [-0.3, -0.25) is 4.79 Å². The lowest BCUT2D eigenvalue weighted by atomic mass is 10.1. The topological polar surface area (TPSA) is 55.1 Å². The van der Waals surface area contributed by atoms with Crippen LogP contribution in [0.25, 0.3) is 0 Å². The molecule has 1 rings (SSSR count). The molecule has 0 heterocycles. The van der Waals surface area contributed by atoms with E-state index in [2.05, 4.69) is 19.2 Å². The van der Waals surface area contributed by atoms with Gasteiger partial charge in [0.15, 0.2) is 0 Å². The van der Waals surface area contributed by atoms with Gasteiger partial charge in [-0.05, 0) is 31.6 Å². The van der Waals surface area contributed by atoms with E-state index in [0.717, 1.165) is 32.2 Å². The van der Waals surface area contributed by atoms with Gasteiger partial charge in [0.1, 0.15) is 0 Å². The van der Waals surface area contributed by atoms with Crippen LogP contribution in [-0.4, -0.2) is 17.4 Å². The summed E-state index contributed by atoms with van der Waals surface area (Å²) in [7, 11) is 0. The summed E-state index contributed by atoms with van der Waals surface area (Å²) in [6, 6.07) is 0. The van der Waals surface area contributed by atoms with Crippen molar-refractivity contribution in [1.82, 2.24) is 5.32 Å². The Balaban J connectivity index is 2.22. The molecule has 0 aromatic carbocycles. The Morgan fingerprint density at radius 2 is 2.13 bits per heavy atom. The van der Waals surface area contributed by atoms with Crippen LogP contribution in [0.1, 0.15) is 39.5 Å². The minimum atomic E-state index is -0.493. The molecule has 1 saturated carbocycles. The van der Waals surface area contributed by atoms with E-state index in [-0.39, 0.29) is 5.91 Å². The van der Waals surface area contributed by atoms with Crippen LogP contribution < -0.4 is 11.1 Å². The maximum absolute atomic E-state index is 11.7. The van der Waals surface area contributed by atoms with Crippen molar-refractivity contribution in [3.63, 3.8) is 0 Å². The third kappa shape index (κ3) is 3.16. The van der Waals surface area contributed by atoms with Gasteiger partial charge in [-0.25, -0.2) is 0 Å². The molecule has 0 saturated heterocycles. The molecule has 0 spiro atoms. The number of hydrogen-bond donors (Lipinski definition) is 2. The summed E-state index contributed by atoms with van der Waals surface area (Å²) in [5.74, 6) is 0.714. The van der Waals surface area contributed by atoms with Crippen molar-refractivity contribution >= 4 is 23.1 Å². The summed E-state index contributed by atoms with van der Waals surface area (Å²) >= 11 is 4.91. The standard InChI is InChI=1S/C11H20N2OS/c1-8(2)4-3-7-13-10(14)11(5-6-11)9(12)15/h8H,3-7H2,1-2H3,(H2,12,15)(H,13,14). The number of hydrogen-bond acceptors (Lipinski definition) is 2. The SMILES string of the molecule is CC(C)CCCNC(=O)C1(C(N)=S)CC1. The molecule has 0 atom stereocenters. The van der Waals surface area contributed by atoms with Crippen molar-refractivity contribution in [2.45, 2.75) is 39.5 Å². The van der Waals surface area contributed by atoms with E-state index in [0.29, 0.717) is 10.9 Å². The van der Waals surface area contributed by atoms with Crippen LogP contribution >= 0.6 is 12.2 Å². The van der Waals surface area contributed by atoms with Crippen LogP contribution in [0.15, 0.2) is 0 Å². The number of nitrogens with one attached hydrogen (secondary N) is 1. The zero-order valence-corrected chi connectivity index (χ0v) is 10.3. The van der Waals surface area contributed by atoms with Crippen molar-refractivity contribution in [1.29, 1.82) is 0 Å². The molecule has 0 bridgehead atoms. The highest BCUT2D eigenvalue weighted by atomic mass is 32.1. The number of carbonyl (C=O) groups excluding carboxylic acids is 1. The van der Waals surface area contributed by atoms with E-state index in [1.165, 1.54) is 0 Å². The fourth-order valence-corrected chi connectivity index (χ4v) is 1.89. The average molecular weight is 228 g/mol. The summed E-state index contributed by atoms with van der Waals surface area (Å²) in [5.41, 5.74) is 5.06. The second-order valence-electron chi connectivity index (χ2n) is 4.74. The normalized spacial score (nSPS) is 17.5. The van der Waals surface area contributed by atoms with Gasteiger partial charge in [0.25, 0.3) is 0 Å². The van der Waals surface area contributed by atoms with Crippen LogP contribution in [0.3, 0.4) is 0 Å². The van der Waals surface area contributed by atoms with E-state index >= 15 is 0 Å². The summed E-state index contributed by atoms with van der Waals surface area (Å²) in [6.45, 7) is 5.10. The first-order valence-electron chi connectivity index (χ1n) is 5.57. The lowest BCUT2D eigenvalue weighted by Gasteiger charge is -2.13. The van der Waals surface area contributed by atoms with Crippen molar-refractivity contribution < 1.29 is 4.79 Å². The van der Waals surface area contributed by atoms with Gasteiger partial charge >= 0.3 is 0 Å². The zero-order valence-electron chi connectivity index (χ0n) is 9.51. The maximum Gasteiger partial charge on any atom is 0.233 e. The summed E-state index contributed by atoms with van der Waals surface area (Å²) in [6.07, 6.45) is 3.80. The Bertz CT molecular complexity index is 259. The molecule has 0 aromatic heterocycles. The van der Waals surface area contributed by atoms with Crippen LogP contribution in [-0.2, 0) is 4.79 Å². The first-order valence-corrected chi connectivity index (χ1v) is 5.98. The van der Waals surface area contributed by atoms with Gasteiger partial charge in [0.2, 0.25) is 5.91 Å². The van der Waals surface area contributed by atoms with Crippen LogP contribution in [0, 0.1) is 11.3 Å². The monoisotopic (exact) mass is 228 g/mol. The number of carbonyl (C=O) groups is 1. The van der Waals surface area contributed by atoms with Gasteiger partial charge in [-0.15, -0.1) is 0 Å². The van der Waals surface area contributed by atoms with Gasteiger partial charge in [0, 0.05) is 6.54 Å². The second kappa shape index (κ2) is 4.92. The van der Waals surface area contributed by atoms with E-state index in [9.17, 15) is 4.79 Å². The molecule has 3 nitrogen and oxygen atoms in total. The zero-order chi connectivity index (χ0) is 11.5. The average Bonchev–Trinajstić information content (AvgIpc) is 2.92. The van der Waals surface area contributed by atoms with Gasteiger partial charge in [-0.2, -0.15) is 0 Å². The molecule has 0 aromatic rings. The van der Waals surface area contributed by atoms with Gasteiger partial charge in [-0.1, -0.05) is 26.1 Å². The smallest absolute Gasteiger partial charge is 0.233 e. The quantitative estimate of drug-likeness (QED) is 0.536. The van der Waals surface area contributed by atoms with Crippen molar-refractivity contribution in [2.75, 3.05) is 6.54 Å². The number of thiocarbonyl (C=S) groups is 1. The molecule has 1 aliphatic carbocycles. The molecule has 3 N–H and O–H groups in total. The van der Waals surface area contributed by atoms with Crippen LogP contribution in [0.2, 0.25) is 0 Å². The highest BCUT2D eigenvalue weighted by Crippen LogP contribution is 2.46. The van der Waals surface area contributed by atoms with Crippen molar-refractivity contribution in [2.24, 2.45) is 17.1 Å². The Kier molecular flexibility index (Phi) is 4.08. The third-order valence-corrected chi connectivity index (χ3v) is 3.29. The molecular formula is C11H20N2OS. The number of nitrogens with two attached hydrogens (primary N) is 1. The predicted molar refractivity (Wildman–Crippen MR) is 65.5 cm³/mol.